The molecule has 0 saturated heterocycles. The predicted molar refractivity (Wildman–Crippen MR) is 62.7 cm³/mol. The van der Waals surface area contributed by atoms with Crippen molar-refractivity contribution in [3.8, 4) is 0 Å². The molecule has 1 fully saturated rings. The van der Waals surface area contributed by atoms with Crippen LogP contribution < -0.4 is 10.6 Å². The van der Waals surface area contributed by atoms with Crippen LogP contribution in [0.3, 0.4) is 0 Å². The van der Waals surface area contributed by atoms with Crippen molar-refractivity contribution in [3.63, 3.8) is 0 Å². The molecule has 0 bridgehead atoms. The van der Waals surface area contributed by atoms with Crippen molar-refractivity contribution in [2.75, 3.05) is 20.1 Å². The second kappa shape index (κ2) is 7.69. The van der Waals surface area contributed by atoms with Crippen molar-refractivity contribution in [2.24, 2.45) is 5.92 Å². The Morgan fingerprint density at radius 2 is 1.73 bits per heavy atom. The van der Waals surface area contributed by atoms with Gasteiger partial charge in [0.2, 0.25) is 5.91 Å². The van der Waals surface area contributed by atoms with Crippen LogP contribution in [0.15, 0.2) is 0 Å². The predicted octanol–water partition coefficient (Wildman–Crippen LogP) is 1.68. The van der Waals surface area contributed by atoms with Crippen molar-refractivity contribution in [2.45, 2.75) is 44.9 Å². The van der Waals surface area contributed by atoms with Crippen LogP contribution in [0.25, 0.3) is 0 Å². The number of amides is 1. The van der Waals surface area contributed by atoms with E-state index in [0.717, 1.165) is 6.54 Å². The van der Waals surface area contributed by atoms with Crippen LogP contribution in [0.4, 0.5) is 0 Å². The lowest BCUT2D eigenvalue weighted by Gasteiger charge is -2.19. The fourth-order valence-electron chi connectivity index (χ4n) is 2.23. The molecule has 1 rings (SSSR count). The third-order valence-corrected chi connectivity index (χ3v) is 3.15. The van der Waals surface area contributed by atoms with Crippen LogP contribution in [0.5, 0.6) is 0 Å². The first-order valence-corrected chi connectivity index (χ1v) is 6.24. The van der Waals surface area contributed by atoms with Crippen molar-refractivity contribution in [1.29, 1.82) is 0 Å². The third-order valence-electron chi connectivity index (χ3n) is 3.15. The van der Waals surface area contributed by atoms with E-state index in [4.69, 9.17) is 0 Å². The Morgan fingerprint density at radius 3 is 2.33 bits per heavy atom. The number of nitrogens with one attached hydrogen (secondary N) is 2. The second-order valence-electron chi connectivity index (χ2n) is 4.55. The number of likely N-dealkylation sites (N-methyl/N-ethyl adjacent to an activating group) is 1. The van der Waals surface area contributed by atoms with Gasteiger partial charge < -0.3 is 10.6 Å². The van der Waals surface area contributed by atoms with Gasteiger partial charge in [0, 0.05) is 6.54 Å². The largest absolute Gasteiger partial charge is 0.355 e. The molecule has 2 N–H and O–H groups in total. The van der Waals surface area contributed by atoms with Gasteiger partial charge in [0.1, 0.15) is 0 Å². The number of carbonyl (C=O) groups is 1. The summed E-state index contributed by atoms with van der Waals surface area (Å²) >= 11 is 0. The van der Waals surface area contributed by atoms with Crippen molar-refractivity contribution >= 4 is 5.91 Å². The number of hydrogen-bond donors (Lipinski definition) is 2. The first kappa shape index (κ1) is 12.5. The maximum atomic E-state index is 11.3. The van der Waals surface area contributed by atoms with Crippen LogP contribution in [-0.4, -0.2) is 26.0 Å². The summed E-state index contributed by atoms with van der Waals surface area (Å²) in [5.41, 5.74) is 0. The van der Waals surface area contributed by atoms with Gasteiger partial charge in [0.15, 0.2) is 0 Å². The van der Waals surface area contributed by atoms with Gasteiger partial charge in [-0.15, -0.1) is 0 Å². The Bertz CT molecular complexity index is 174. The number of carbonyl (C=O) groups excluding carboxylic acids is 1. The fourth-order valence-corrected chi connectivity index (χ4v) is 2.23. The van der Waals surface area contributed by atoms with Crippen molar-refractivity contribution < 1.29 is 4.79 Å². The summed E-state index contributed by atoms with van der Waals surface area (Å²) in [6, 6.07) is 0. The standard InChI is InChI=1S/C12H24N2O/c1-13-10-12(15)14-9-11-7-5-3-2-4-6-8-11/h11,13H,2-10H2,1H3,(H,14,15). The zero-order valence-electron chi connectivity index (χ0n) is 9.85. The molecule has 1 saturated carbocycles. The summed E-state index contributed by atoms with van der Waals surface area (Å²) in [6.07, 6.45) is 9.42. The molecule has 0 unspecified atom stereocenters. The molecule has 1 amide bonds. The van der Waals surface area contributed by atoms with E-state index in [-0.39, 0.29) is 5.91 Å². The molecule has 0 aromatic rings. The Hall–Kier alpha value is -0.570. The van der Waals surface area contributed by atoms with Gasteiger partial charge in [-0.05, 0) is 25.8 Å². The van der Waals surface area contributed by atoms with Gasteiger partial charge in [-0.25, -0.2) is 0 Å². The Labute approximate surface area is 93.0 Å². The van der Waals surface area contributed by atoms with E-state index in [0.29, 0.717) is 12.5 Å². The Balaban J connectivity index is 2.14. The molecule has 0 aromatic heterocycles. The van der Waals surface area contributed by atoms with E-state index in [1.807, 2.05) is 0 Å². The topological polar surface area (TPSA) is 41.1 Å². The molecule has 88 valence electrons. The van der Waals surface area contributed by atoms with E-state index in [2.05, 4.69) is 10.6 Å². The average Bonchev–Trinajstić information content (AvgIpc) is 2.16. The quantitative estimate of drug-likeness (QED) is 0.744. The first-order valence-electron chi connectivity index (χ1n) is 6.24. The van der Waals surface area contributed by atoms with E-state index >= 15 is 0 Å². The van der Waals surface area contributed by atoms with E-state index in [9.17, 15) is 4.79 Å². The molecule has 0 radical (unpaired) electrons. The van der Waals surface area contributed by atoms with Crippen LogP contribution in [0, 0.1) is 5.92 Å². The molecule has 15 heavy (non-hydrogen) atoms. The Kier molecular flexibility index (Phi) is 6.41. The summed E-state index contributed by atoms with van der Waals surface area (Å²) in [6.45, 7) is 1.31. The van der Waals surface area contributed by atoms with Gasteiger partial charge in [-0.1, -0.05) is 32.1 Å². The highest BCUT2D eigenvalue weighted by molar-refractivity contribution is 5.77. The summed E-state index contributed by atoms with van der Waals surface area (Å²) in [5, 5.41) is 5.87. The van der Waals surface area contributed by atoms with Gasteiger partial charge >= 0.3 is 0 Å². The zero-order valence-corrected chi connectivity index (χ0v) is 9.85. The van der Waals surface area contributed by atoms with Gasteiger partial charge in [-0.3, -0.25) is 4.79 Å². The minimum absolute atomic E-state index is 0.125. The molecule has 0 atom stereocenters. The lowest BCUT2D eigenvalue weighted by atomic mass is 9.91. The molecular weight excluding hydrogens is 188 g/mol. The van der Waals surface area contributed by atoms with Gasteiger partial charge in [0.25, 0.3) is 0 Å². The van der Waals surface area contributed by atoms with E-state index in [1.165, 1.54) is 44.9 Å². The average molecular weight is 212 g/mol. The number of rotatable bonds is 4. The summed E-state index contributed by atoms with van der Waals surface area (Å²) < 4.78 is 0. The third kappa shape index (κ3) is 5.78. The highest BCUT2D eigenvalue weighted by Crippen LogP contribution is 2.21. The summed E-state index contributed by atoms with van der Waals surface area (Å²) in [4.78, 5) is 11.3. The van der Waals surface area contributed by atoms with E-state index in [1.54, 1.807) is 7.05 Å². The molecule has 0 heterocycles. The normalized spacial score (nSPS) is 19.3. The molecule has 1 aliphatic rings. The smallest absolute Gasteiger partial charge is 0.233 e. The van der Waals surface area contributed by atoms with Gasteiger partial charge in [-0.2, -0.15) is 0 Å². The van der Waals surface area contributed by atoms with Crippen LogP contribution in [0.2, 0.25) is 0 Å². The first-order chi connectivity index (χ1) is 7.33. The SMILES string of the molecule is CNCC(=O)NCC1CCCCCCC1. The minimum atomic E-state index is 0.125. The molecular formula is C12H24N2O. The fraction of sp³-hybridized carbons (Fsp3) is 0.917. The number of hydrogen-bond acceptors (Lipinski definition) is 2. The lowest BCUT2D eigenvalue weighted by molar-refractivity contribution is -0.120. The van der Waals surface area contributed by atoms with Crippen LogP contribution >= 0.6 is 0 Å². The molecule has 3 nitrogen and oxygen atoms in total. The van der Waals surface area contributed by atoms with Crippen molar-refractivity contribution in [1.82, 2.24) is 10.6 Å². The van der Waals surface area contributed by atoms with Gasteiger partial charge in [0.05, 0.1) is 6.54 Å². The monoisotopic (exact) mass is 212 g/mol. The Morgan fingerprint density at radius 1 is 1.13 bits per heavy atom. The van der Waals surface area contributed by atoms with Crippen molar-refractivity contribution in [3.05, 3.63) is 0 Å². The second-order valence-corrected chi connectivity index (χ2v) is 4.55. The van der Waals surface area contributed by atoms with Crippen LogP contribution in [0.1, 0.15) is 44.9 Å². The maximum absolute atomic E-state index is 11.3. The maximum Gasteiger partial charge on any atom is 0.233 e. The molecule has 0 aromatic carbocycles. The highest BCUT2D eigenvalue weighted by Gasteiger charge is 2.11. The summed E-state index contributed by atoms with van der Waals surface area (Å²) in [5.74, 6) is 0.839. The zero-order chi connectivity index (χ0) is 10.9. The molecule has 0 aliphatic heterocycles. The minimum Gasteiger partial charge on any atom is -0.355 e. The molecule has 0 spiro atoms. The summed E-state index contributed by atoms with van der Waals surface area (Å²) in [7, 11) is 1.80. The highest BCUT2D eigenvalue weighted by atomic mass is 16.1. The lowest BCUT2D eigenvalue weighted by Crippen LogP contribution is -2.35. The van der Waals surface area contributed by atoms with Crippen LogP contribution in [-0.2, 0) is 4.79 Å². The molecule has 1 aliphatic carbocycles. The van der Waals surface area contributed by atoms with E-state index < -0.39 is 0 Å². The molecule has 3 heteroatoms.